The summed E-state index contributed by atoms with van der Waals surface area (Å²) in [6.07, 6.45) is 2.55. The summed E-state index contributed by atoms with van der Waals surface area (Å²) in [5.74, 6) is 1.71. The second-order valence-corrected chi connectivity index (χ2v) is 7.29. The molecule has 0 radical (unpaired) electrons. The van der Waals surface area contributed by atoms with Crippen LogP contribution in [0.5, 0.6) is 11.5 Å². The van der Waals surface area contributed by atoms with Crippen molar-refractivity contribution >= 4 is 23.0 Å². The van der Waals surface area contributed by atoms with Gasteiger partial charge in [-0.3, -0.25) is 0 Å². The summed E-state index contributed by atoms with van der Waals surface area (Å²) in [5.41, 5.74) is 1.79. The lowest BCUT2D eigenvalue weighted by Crippen LogP contribution is -2.42. The molecule has 0 amide bonds. The molecule has 0 aromatic heterocycles. The normalized spacial score (nSPS) is 17.4. The largest absolute Gasteiger partial charge is 0.490 e. The van der Waals surface area contributed by atoms with Crippen LogP contribution in [-0.4, -0.2) is 17.3 Å². The summed E-state index contributed by atoms with van der Waals surface area (Å²) in [6.45, 7) is 8.32. The molecule has 1 atom stereocenters. The predicted molar refractivity (Wildman–Crippen MR) is 110 cm³/mol. The van der Waals surface area contributed by atoms with Gasteiger partial charge in [0.15, 0.2) is 5.11 Å². The zero-order chi connectivity index (χ0) is 18.6. The Morgan fingerprint density at radius 1 is 1.27 bits per heavy atom. The fourth-order valence-electron chi connectivity index (χ4n) is 3.05. The van der Waals surface area contributed by atoms with Gasteiger partial charge in [0.2, 0.25) is 0 Å². The van der Waals surface area contributed by atoms with E-state index in [0.717, 1.165) is 29.2 Å². The highest BCUT2D eigenvalue weighted by atomic mass is 32.1. The number of ether oxygens (including phenoxy) is 2. The molecule has 0 saturated heterocycles. The molecule has 0 saturated carbocycles. The lowest BCUT2D eigenvalue weighted by molar-refractivity contribution is 0.0697. The summed E-state index contributed by atoms with van der Waals surface area (Å²) >= 11 is 5.52. The zero-order valence-electron chi connectivity index (χ0n) is 15.1. The summed E-state index contributed by atoms with van der Waals surface area (Å²) in [5, 5.41) is 7.24. The number of hydrogen-bond acceptors (Lipinski definition) is 3. The molecule has 2 aromatic rings. The van der Waals surface area contributed by atoms with Gasteiger partial charge in [-0.05, 0) is 56.4 Å². The van der Waals surface area contributed by atoms with Crippen molar-refractivity contribution in [2.24, 2.45) is 0 Å². The standard InChI is InChI=1S/C21H24N2O2S/c1-4-13-24-16-11-9-15(10-12-16)22-20(26)23-18-14-21(2,3)25-19-8-6-5-7-17(18)19/h4-12,18H,1,13-14H2,2-3H3,(H2,22,23,26)/t18-/m1/s1. The number of thiocarbonyl (C=S) groups is 1. The first kappa shape index (κ1) is 18.3. The first-order chi connectivity index (χ1) is 12.5. The lowest BCUT2D eigenvalue weighted by Gasteiger charge is -2.38. The molecule has 136 valence electrons. The van der Waals surface area contributed by atoms with Crippen LogP contribution in [0.25, 0.3) is 0 Å². The van der Waals surface area contributed by atoms with Gasteiger partial charge >= 0.3 is 0 Å². The molecule has 2 aromatic carbocycles. The van der Waals surface area contributed by atoms with Crippen molar-refractivity contribution in [3.63, 3.8) is 0 Å². The topological polar surface area (TPSA) is 42.5 Å². The van der Waals surface area contributed by atoms with E-state index < -0.39 is 0 Å². The molecule has 0 spiro atoms. The van der Waals surface area contributed by atoms with E-state index in [-0.39, 0.29) is 11.6 Å². The fourth-order valence-corrected chi connectivity index (χ4v) is 3.31. The number of fused-ring (bicyclic) bond motifs is 1. The molecule has 1 heterocycles. The molecule has 4 nitrogen and oxygen atoms in total. The van der Waals surface area contributed by atoms with Crippen molar-refractivity contribution < 1.29 is 9.47 Å². The van der Waals surface area contributed by atoms with Gasteiger partial charge in [0.25, 0.3) is 0 Å². The molecule has 0 fully saturated rings. The van der Waals surface area contributed by atoms with Gasteiger partial charge in [0.1, 0.15) is 23.7 Å². The molecule has 1 aliphatic heterocycles. The van der Waals surface area contributed by atoms with Crippen molar-refractivity contribution in [2.45, 2.75) is 31.9 Å². The third-order valence-corrected chi connectivity index (χ3v) is 4.38. The maximum absolute atomic E-state index is 6.07. The first-order valence-electron chi connectivity index (χ1n) is 8.66. The summed E-state index contributed by atoms with van der Waals surface area (Å²) in [4.78, 5) is 0. The van der Waals surface area contributed by atoms with Gasteiger partial charge < -0.3 is 20.1 Å². The minimum absolute atomic E-state index is 0.102. The molecular formula is C21H24N2O2S. The van der Waals surface area contributed by atoms with E-state index in [2.05, 4.69) is 37.1 Å². The molecule has 1 aliphatic rings. The lowest BCUT2D eigenvalue weighted by atomic mass is 9.90. The third kappa shape index (κ3) is 4.55. The number of para-hydroxylation sites is 1. The van der Waals surface area contributed by atoms with E-state index in [9.17, 15) is 0 Å². The zero-order valence-corrected chi connectivity index (χ0v) is 15.9. The quantitative estimate of drug-likeness (QED) is 0.584. The Labute approximate surface area is 160 Å². The van der Waals surface area contributed by atoms with Gasteiger partial charge in [-0.2, -0.15) is 0 Å². The highest BCUT2D eigenvalue weighted by molar-refractivity contribution is 7.80. The van der Waals surface area contributed by atoms with Crippen LogP contribution in [0.15, 0.2) is 61.2 Å². The molecule has 26 heavy (non-hydrogen) atoms. The summed E-state index contributed by atoms with van der Waals surface area (Å²) in [6, 6.07) is 15.9. The van der Waals surface area contributed by atoms with Crippen LogP contribution < -0.4 is 20.1 Å². The van der Waals surface area contributed by atoms with Crippen LogP contribution in [0.3, 0.4) is 0 Å². The van der Waals surface area contributed by atoms with Crippen molar-refractivity contribution in [1.29, 1.82) is 0 Å². The Balaban J connectivity index is 1.65. The van der Waals surface area contributed by atoms with Gasteiger partial charge in [-0.1, -0.05) is 30.9 Å². The predicted octanol–water partition coefficient (Wildman–Crippen LogP) is 4.84. The minimum atomic E-state index is -0.244. The molecule has 2 N–H and O–H groups in total. The monoisotopic (exact) mass is 368 g/mol. The molecule has 0 unspecified atom stereocenters. The van der Waals surface area contributed by atoms with E-state index >= 15 is 0 Å². The highest BCUT2D eigenvalue weighted by Gasteiger charge is 2.33. The Bertz CT molecular complexity index is 787. The third-order valence-electron chi connectivity index (χ3n) is 4.16. The molecular weight excluding hydrogens is 344 g/mol. The van der Waals surface area contributed by atoms with Crippen molar-refractivity contribution in [1.82, 2.24) is 5.32 Å². The number of hydrogen-bond donors (Lipinski definition) is 2. The summed E-state index contributed by atoms with van der Waals surface area (Å²) in [7, 11) is 0. The van der Waals surface area contributed by atoms with Gasteiger partial charge in [0, 0.05) is 17.7 Å². The first-order valence-corrected chi connectivity index (χ1v) is 9.07. The molecule has 0 aliphatic carbocycles. The van der Waals surface area contributed by atoms with E-state index in [4.69, 9.17) is 21.7 Å². The van der Waals surface area contributed by atoms with Crippen molar-refractivity contribution in [3.8, 4) is 11.5 Å². The number of nitrogens with one attached hydrogen (secondary N) is 2. The summed E-state index contributed by atoms with van der Waals surface area (Å²) < 4.78 is 11.6. The van der Waals surface area contributed by atoms with Crippen LogP contribution >= 0.6 is 12.2 Å². The van der Waals surface area contributed by atoms with Gasteiger partial charge in [-0.15, -0.1) is 0 Å². The van der Waals surface area contributed by atoms with Crippen LogP contribution in [0.1, 0.15) is 31.9 Å². The fraction of sp³-hybridized carbons (Fsp3) is 0.286. The van der Waals surface area contributed by atoms with Crippen molar-refractivity contribution in [3.05, 3.63) is 66.7 Å². The smallest absolute Gasteiger partial charge is 0.171 e. The Morgan fingerprint density at radius 2 is 2.00 bits per heavy atom. The van der Waals surface area contributed by atoms with E-state index in [0.29, 0.717) is 11.7 Å². The Morgan fingerprint density at radius 3 is 2.73 bits per heavy atom. The second kappa shape index (κ2) is 7.79. The van der Waals surface area contributed by atoms with Gasteiger partial charge in [0.05, 0.1) is 6.04 Å². The number of benzene rings is 2. The van der Waals surface area contributed by atoms with Crippen LogP contribution in [0.4, 0.5) is 5.69 Å². The Kier molecular flexibility index (Phi) is 5.47. The maximum atomic E-state index is 6.07. The SMILES string of the molecule is C=CCOc1ccc(NC(=S)N[C@@H]2CC(C)(C)Oc3ccccc32)cc1. The number of rotatable bonds is 5. The maximum Gasteiger partial charge on any atom is 0.171 e. The second-order valence-electron chi connectivity index (χ2n) is 6.88. The highest BCUT2D eigenvalue weighted by Crippen LogP contribution is 2.39. The van der Waals surface area contributed by atoms with Crippen molar-refractivity contribution in [2.75, 3.05) is 11.9 Å². The van der Waals surface area contributed by atoms with Crippen LogP contribution in [0.2, 0.25) is 0 Å². The Hall–Kier alpha value is -2.53. The van der Waals surface area contributed by atoms with E-state index in [1.54, 1.807) is 6.08 Å². The minimum Gasteiger partial charge on any atom is -0.490 e. The van der Waals surface area contributed by atoms with E-state index in [1.165, 1.54) is 0 Å². The van der Waals surface area contributed by atoms with Gasteiger partial charge in [-0.25, -0.2) is 0 Å². The van der Waals surface area contributed by atoms with Crippen LogP contribution in [0, 0.1) is 0 Å². The molecule has 5 heteroatoms. The van der Waals surface area contributed by atoms with E-state index in [1.807, 2.05) is 42.5 Å². The average Bonchev–Trinajstić information content (AvgIpc) is 2.60. The number of anilines is 1. The molecule has 0 bridgehead atoms. The average molecular weight is 369 g/mol. The molecule has 3 rings (SSSR count). The van der Waals surface area contributed by atoms with Crippen LogP contribution in [-0.2, 0) is 0 Å².